The Morgan fingerprint density at radius 2 is 1.64 bits per heavy atom. The first kappa shape index (κ1) is 20.1. The van der Waals surface area contributed by atoms with Gasteiger partial charge in [0.05, 0.1) is 16.9 Å². The van der Waals surface area contributed by atoms with Gasteiger partial charge in [-0.25, -0.2) is 0 Å². The van der Waals surface area contributed by atoms with Crippen LogP contribution in [0.5, 0.6) is 0 Å². The van der Waals surface area contributed by atoms with Gasteiger partial charge in [0.15, 0.2) is 11.2 Å². The van der Waals surface area contributed by atoms with E-state index in [4.69, 9.17) is 5.26 Å². The average Bonchev–Trinajstić information content (AvgIpc) is 2.64. The van der Waals surface area contributed by atoms with Crippen molar-refractivity contribution in [2.24, 2.45) is 27.2 Å². The highest BCUT2D eigenvalue weighted by Crippen LogP contribution is 2.68. The maximum Gasteiger partial charge on any atom is 0.408 e. The number of carbonyl (C=O) groups is 1. The quantitative estimate of drug-likeness (QED) is 0.581. The van der Waals surface area contributed by atoms with Gasteiger partial charge in [-0.2, -0.15) is 31.6 Å². The largest absolute Gasteiger partial charge is 0.408 e. The Hall–Kier alpha value is -1.24. The van der Waals surface area contributed by atoms with E-state index in [1.165, 1.54) is 27.7 Å². The van der Waals surface area contributed by atoms with Gasteiger partial charge in [0.25, 0.3) is 0 Å². The summed E-state index contributed by atoms with van der Waals surface area (Å²) in [6.45, 7) is 5.78. The molecule has 0 N–H and O–H groups in total. The van der Waals surface area contributed by atoms with Crippen LogP contribution in [0.15, 0.2) is 4.99 Å². The molecule has 0 saturated heterocycles. The van der Waals surface area contributed by atoms with Gasteiger partial charge in [0.1, 0.15) is 10.8 Å². The highest BCUT2D eigenvalue weighted by atomic mass is 32.2. The summed E-state index contributed by atoms with van der Waals surface area (Å²) in [5, 5.41) is 9.10. The Kier molecular flexibility index (Phi) is 4.13. The number of alkyl halides is 6. The zero-order valence-electron chi connectivity index (χ0n) is 13.8. The van der Waals surface area contributed by atoms with Gasteiger partial charge in [-0.05, 0) is 27.7 Å². The number of nitriles is 1. The number of hydrogen-bond donors (Lipinski definition) is 0. The van der Waals surface area contributed by atoms with E-state index in [2.05, 4.69) is 4.99 Å². The number of carbonyl (C=O) groups excluding carboxylic acids is 1. The van der Waals surface area contributed by atoms with Gasteiger partial charge in [0.2, 0.25) is 0 Å². The Morgan fingerprint density at radius 3 is 2.00 bits per heavy atom. The molecule has 1 saturated carbocycles. The van der Waals surface area contributed by atoms with Gasteiger partial charge < -0.3 is 0 Å². The molecule has 25 heavy (non-hydrogen) atoms. The van der Waals surface area contributed by atoms with Crippen LogP contribution in [-0.2, 0) is 4.79 Å². The second-order valence-electron chi connectivity index (χ2n) is 7.39. The van der Waals surface area contributed by atoms with Crippen LogP contribution in [0.25, 0.3) is 0 Å². The maximum atomic E-state index is 13.5. The second kappa shape index (κ2) is 5.15. The van der Waals surface area contributed by atoms with Crippen molar-refractivity contribution in [3.8, 4) is 6.07 Å². The normalized spacial score (nSPS) is 33.5. The average molecular weight is 386 g/mol. The predicted molar refractivity (Wildman–Crippen MR) is 79.9 cm³/mol. The summed E-state index contributed by atoms with van der Waals surface area (Å²) in [6, 6.07) is 0.864. The number of Topliss-reactive ketones (excluding diaryl/α,β-unsaturated/α-hetero) is 1. The van der Waals surface area contributed by atoms with E-state index in [-0.39, 0.29) is 12.0 Å². The smallest absolute Gasteiger partial charge is 0.298 e. The molecule has 1 aliphatic carbocycles. The van der Waals surface area contributed by atoms with Gasteiger partial charge in [-0.3, -0.25) is 9.79 Å². The summed E-state index contributed by atoms with van der Waals surface area (Å²) in [5.74, 6) is -4.55. The Balaban J connectivity index is 2.68. The van der Waals surface area contributed by atoms with Crippen molar-refractivity contribution >= 4 is 23.8 Å². The van der Waals surface area contributed by atoms with E-state index in [9.17, 15) is 31.1 Å². The Bertz CT molecular complexity index is 655. The number of nitrogens with zero attached hydrogens (tertiary/aromatic N) is 2. The molecule has 10 heteroatoms. The van der Waals surface area contributed by atoms with Crippen molar-refractivity contribution < 1.29 is 31.1 Å². The minimum absolute atomic E-state index is 0.187. The van der Waals surface area contributed by atoms with Crippen LogP contribution in [-0.4, -0.2) is 35.0 Å². The molecule has 2 aliphatic rings. The molecular formula is C15H16F6N2OS. The number of rotatable bonds is 0. The second-order valence-corrected chi connectivity index (χ2v) is 8.56. The third kappa shape index (κ3) is 2.27. The fourth-order valence-corrected chi connectivity index (χ4v) is 5.82. The molecule has 0 bridgehead atoms. The van der Waals surface area contributed by atoms with Crippen molar-refractivity contribution in [3.63, 3.8) is 0 Å². The monoisotopic (exact) mass is 386 g/mol. The molecule has 1 fully saturated rings. The van der Waals surface area contributed by atoms with E-state index in [1.807, 2.05) is 0 Å². The third-order valence-electron chi connectivity index (χ3n) is 5.33. The van der Waals surface area contributed by atoms with Gasteiger partial charge >= 0.3 is 12.4 Å². The van der Waals surface area contributed by atoms with E-state index in [0.29, 0.717) is 11.8 Å². The summed E-state index contributed by atoms with van der Waals surface area (Å²) >= 11 is 0.508. The SMILES string of the molecule is CC1(C)C(=O)C(C)(C)C12N=CC(C(F)(F)F)[C@@](C#N)(C(F)(F)F)CS2. The highest BCUT2D eigenvalue weighted by Gasteiger charge is 2.76. The molecule has 1 unspecified atom stereocenters. The topological polar surface area (TPSA) is 53.2 Å². The first-order valence-corrected chi connectivity index (χ1v) is 8.29. The molecule has 1 heterocycles. The maximum absolute atomic E-state index is 13.5. The predicted octanol–water partition coefficient (Wildman–Crippen LogP) is 4.39. The van der Waals surface area contributed by atoms with Crippen LogP contribution in [0.2, 0.25) is 0 Å². The summed E-state index contributed by atoms with van der Waals surface area (Å²) in [5.41, 5.74) is -6.15. The standard InChI is InChI=1S/C15H16F6N2OS/c1-10(2)9(24)11(3,4)14(10)23-5-8(13(16,17)18)12(6-22,7-25-14)15(19,20)21/h5,8H,7H2,1-4H3/t8?,12-/m0/s1. The number of aliphatic imine (C=N–C) groups is 1. The van der Waals surface area contributed by atoms with Crippen molar-refractivity contribution in [1.82, 2.24) is 0 Å². The fourth-order valence-electron chi connectivity index (χ4n) is 3.93. The number of hydrogen-bond acceptors (Lipinski definition) is 4. The highest BCUT2D eigenvalue weighted by molar-refractivity contribution is 8.01. The van der Waals surface area contributed by atoms with Crippen molar-refractivity contribution in [1.29, 1.82) is 5.26 Å². The zero-order valence-corrected chi connectivity index (χ0v) is 14.7. The molecule has 0 aromatic heterocycles. The first-order valence-electron chi connectivity index (χ1n) is 7.30. The lowest BCUT2D eigenvalue weighted by atomic mass is 9.50. The van der Waals surface area contributed by atoms with Gasteiger partial charge in [0, 0.05) is 12.0 Å². The Labute approximate surface area is 144 Å². The first-order chi connectivity index (χ1) is 11.0. The van der Waals surface area contributed by atoms with Crippen LogP contribution >= 0.6 is 11.8 Å². The van der Waals surface area contributed by atoms with E-state index < -0.39 is 45.1 Å². The molecule has 1 aliphatic heterocycles. The molecular weight excluding hydrogens is 370 g/mol. The number of halogens is 6. The summed E-state index contributed by atoms with van der Waals surface area (Å²) in [6.07, 6.45) is -10.5. The molecule has 0 radical (unpaired) electrons. The molecule has 3 nitrogen and oxygen atoms in total. The van der Waals surface area contributed by atoms with E-state index in [1.54, 1.807) is 0 Å². The lowest BCUT2D eigenvalue weighted by Crippen LogP contribution is -2.71. The fraction of sp³-hybridized carbons (Fsp3) is 0.800. The molecule has 1 spiro atoms. The number of ketones is 1. The molecule has 0 aromatic carbocycles. The van der Waals surface area contributed by atoms with Crippen LogP contribution in [0.4, 0.5) is 26.3 Å². The number of thioether (sulfide) groups is 1. The van der Waals surface area contributed by atoms with Crippen LogP contribution in [0.3, 0.4) is 0 Å². The van der Waals surface area contributed by atoms with Crippen LogP contribution < -0.4 is 0 Å². The minimum atomic E-state index is -5.41. The van der Waals surface area contributed by atoms with Gasteiger partial charge in [-0.15, -0.1) is 11.8 Å². The molecule has 2 atom stereocenters. The molecule has 0 aromatic rings. The van der Waals surface area contributed by atoms with Crippen molar-refractivity contribution in [3.05, 3.63) is 0 Å². The molecule has 2 rings (SSSR count). The van der Waals surface area contributed by atoms with Crippen molar-refractivity contribution in [2.75, 3.05) is 5.75 Å². The lowest BCUT2D eigenvalue weighted by molar-refractivity contribution is -0.255. The summed E-state index contributed by atoms with van der Waals surface area (Å²) < 4.78 is 80.6. The van der Waals surface area contributed by atoms with E-state index in [0.717, 1.165) is 6.07 Å². The zero-order chi connectivity index (χ0) is 19.7. The molecule has 0 amide bonds. The summed E-state index contributed by atoms with van der Waals surface area (Å²) in [4.78, 5) is 14.7. The summed E-state index contributed by atoms with van der Waals surface area (Å²) in [7, 11) is 0. The van der Waals surface area contributed by atoms with Crippen molar-refractivity contribution in [2.45, 2.75) is 44.9 Å². The third-order valence-corrected chi connectivity index (χ3v) is 7.48. The van der Waals surface area contributed by atoms with Gasteiger partial charge in [-0.1, -0.05) is 0 Å². The lowest BCUT2D eigenvalue weighted by Gasteiger charge is -2.62. The van der Waals surface area contributed by atoms with Crippen LogP contribution in [0, 0.1) is 33.5 Å². The van der Waals surface area contributed by atoms with E-state index >= 15 is 0 Å². The molecule has 140 valence electrons. The Morgan fingerprint density at radius 1 is 1.16 bits per heavy atom. The van der Waals surface area contributed by atoms with Crippen LogP contribution in [0.1, 0.15) is 27.7 Å². The minimum Gasteiger partial charge on any atom is -0.298 e.